The molecule has 21 heteroatoms. The molecule has 0 atom stereocenters. The van der Waals surface area contributed by atoms with Crippen LogP contribution in [0.5, 0.6) is 0 Å². The Morgan fingerprint density at radius 1 is 0.260 bits per heavy atom. The molecule has 0 amide bonds. The predicted octanol–water partition coefficient (Wildman–Crippen LogP) is 29.9. The van der Waals surface area contributed by atoms with E-state index >= 15 is 0 Å². The van der Waals surface area contributed by atoms with Gasteiger partial charge in [0.2, 0.25) is 0 Å². The molecule has 708 valence electrons. The Kier molecular flexibility index (Phi) is 82.6. The van der Waals surface area contributed by atoms with Gasteiger partial charge in [0, 0.05) is 0 Å². The molecule has 15 nitrogen and oxygen atoms in total. The van der Waals surface area contributed by atoms with E-state index in [0.29, 0.717) is 36.0 Å². The molecule has 0 aliphatic carbocycles. The van der Waals surface area contributed by atoms with Gasteiger partial charge >= 0.3 is 257 Å². The molecule has 4 aromatic carbocycles. The molecule has 0 unspecified atom stereocenters. The molecule has 0 saturated heterocycles. The summed E-state index contributed by atoms with van der Waals surface area (Å²) in [6.07, 6.45) is 79.7. The summed E-state index contributed by atoms with van der Waals surface area (Å²) < 4.78 is 151. The second kappa shape index (κ2) is 82.8. The second-order valence-corrected chi connectivity index (χ2v) is 42.4. The Balaban J connectivity index is 0. The number of hydrogen-bond acceptors (Lipinski definition) is 15. The Bertz CT molecular complexity index is 3360. The van der Waals surface area contributed by atoms with Crippen molar-refractivity contribution in [1.82, 2.24) is 0 Å². The minimum Gasteiger partial charge on any atom is -0.744 e. The van der Waals surface area contributed by atoms with Crippen molar-refractivity contribution in [3.63, 3.8) is 0 Å². The van der Waals surface area contributed by atoms with Crippen LogP contribution in [0, 0.1) is 0 Å². The Hall–Kier alpha value is -2.33. The van der Waals surface area contributed by atoms with E-state index in [4.69, 9.17) is 6.08 Å². The molecule has 0 bridgehead atoms. The van der Waals surface area contributed by atoms with E-state index in [1.807, 2.05) is 6.07 Å². The normalized spacial score (nSPS) is 11.6. The van der Waals surface area contributed by atoms with Crippen LogP contribution in [0.25, 0.3) is 0 Å². The first-order valence-corrected chi connectivity index (χ1v) is 57.3. The smallest absolute Gasteiger partial charge is 0.744 e. The molecular weight excluding hydrogens is 1690 g/mol. The van der Waals surface area contributed by atoms with Gasteiger partial charge in [-0.15, -0.1) is 6.10 Å². The molecule has 0 spiro atoms. The van der Waals surface area contributed by atoms with Crippen molar-refractivity contribution in [1.29, 1.82) is 0 Å². The molecule has 0 radical (unpaired) electrons. The summed E-state index contributed by atoms with van der Waals surface area (Å²) >= 11 is -3.89. The number of aryl methyl sites for hydroxylation is 4. The van der Waals surface area contributed by atoms with E-state index in [1.165, 1.54) is 350 Å². The standard InChI is InChI=1S/C42H78O3S.3C18H30O3S.2C3H7O.O.2Ti/c1-4-7-10-13-16-19-22-25-28-31-34-39-37-38-42(46(43,44)45)41(36-33-30-27-24-21-18-15-12-9-6-3)40(39)35-32-29-26-23-20-17-14-11-8-5-2;3*1-2-3-4-5-6-7-8-9-10-11-14-17-15-12-13-16-18(17)22(19,20)21;2*1-3(2)4;;;/h37-38H,4-36H2,1-3H3,(H,43,44,45);3*12-13,15-16H,2-11,14H2,1H3,(H,19,20,21);2*3H,1-2H3;;;/q;;;;2*-1;;+2;+4/p-4. The monoisotopic (exact) mass is 1870 g/mol. The number of benzene rings is 4. The Morgan fingerprint density at radius 3 is 0.659 bits per heavy atom. The minimum absolute atomic E-state index is 0. The summed E-state index contributed by atoms with van der Waals surface area (Å²) in [5, 5.41) is 9.53. The van der Waals surface area contributed by atoms with Crippen molar-refractivity contribution in [3.05, 3.63) is 118 Å². The SMILES string of the molecule is CC(C)[O-].CCCCCCCCCCCCc1ccc(S(=O)(=O)[O][Ti](=[O])[O]C(C)C)c(CCCCCCCCCCCC)c1CCCCCCCCCCCC.CCCCCCCCCCCCc1ccccc1S(=O)(=O)[O-].CCCCCCCCCCCCc1ccccc1S(=O)(=O)[O-].CCCCCCCCCCCCc1ccccc1S(=O)(=O)[O-].[Ti+4]. The van der Waals surface area contributed by atoms with Crippen LogP contribution in [0.2, 0.25) is 0 Å². The van der Waals surface area contributed by atoms with Crippen molar-refractivity contribution in [2.24, 2.45) is 0 Å². The van der Waals surface area contributed by atoms with E-state index in [2.05, 4.69) is 41.5 Å². The average Bonchev–Trinajstić information content (AvgIpc) is 0.782. The molecule has 0 N–H and O–H groups in total. The molecule has 0 fully saturated rings. The summed E-state index contributed by atoms with van der Waals surface area (Å²) in [6, 6.07) is 23.5. The van der Waals surface area contributed by atoms with Gasteiger partial charge < -0.3 is 18.8 Å². The first-order valence-electron chi connectivity index (χ1n) is 49.7. The fraction of sp³-hybridized carbons (Fsp3) is 0.765. The van der Waals surface area contributed by atoms with Crippen LogP contribution in [0.15, 0.2) is 105 Å². The van der Waals surface area contributed by atoms with Crippen LogP contribution < -0.4 is 5.11 Å². The van der Waals surface area contributed by atoms with Gasteiger partial charge in [-0.25, -0.2) is 25.3 Å². The zero-order chi connectivity index (χ0) is 90.5. The summed E-state index contributed by atoms with van der Waals surface area (Å²) in [5.74, 6) is 0. The molecule has 0 aliphatic rings. The van der Waals surface area contributed by atoms with E-state index in [9.17, 15) is 55.8 Å². The number of rotatable bonds is 74. The third kappa shape index (κ3) is 71.1. The van der Waals surface area contributed by atoms with Gasteiger partial charge in [-0.05, 0) is 73.4 Å². The molecule has 4 rings (SSSR count). The van der Waals surface area contributed by atoms with Gasteiger partial charge in [-0.2, -0.15) is 0 Å². The zero-order valence-corrected chi connectivity index (χ0v) is 86.1. The third-order valence-electron chi connectivity index (χ3n) is 22.7. The van der Waals surface area contributed by atoms with Crippen LogP contribution in [-0.4, -0.2) is 59.5 Å². The summed E-state index contributed by atoms with van der Waals surface area (Å²) in [7, 11) is -17.2. The first kappa shape index (κ1) is 123. The van der Waals surface area contributed by atoms with Gasteiger partial charge in [0.25, 0.3) is 0 Å². The molecule has 4 aromatic rings. The fourth-order valence-corrected chi connectivity index (χ4v) is 21.1. The van der Waals surface area contributed by atoms with Crippen molar-refractivity contribution in [3.8, 4) is 0 Å². The minimum atomic E-state index is -4.35. The van der Waals surface area contributed by atoms with E-state index < -0.39 is 65.2 Å². The van der Waals surface area contributed by atoms with Crippen LogP contribution in [0.1, 0.15) is 488 Å². The van der Waals surface area contributed by atoms with Gasteiger partial charge in [-0.1, -0.05) is 360 Å². The fourth-order valence-electron chi connectivity index (χ4n) is 15.8. The maximum atomic E-state index is 13.7. The van der Waals surface area contributed by atoms with E-state index in [1.54, 1.807) is 88.4 Å². The van der Waals surface area contributed by atoms with Crippen molar-refractivity contribution < 1.29 is 102 Å². The van der Waals surface area contributed by atoms with E-state index in [0.717, 1.165) is 89.0 Å². The second-order valence-electron chi connectivity index (χ2n) is 35.0. The van der Waals surface area contributed by atoms with Gasteiger partial charge in [0.1, 0.15) is 30.4 Å². The molecular formula is C102H178O15S4Ti2. The summed E-state index contributed by atoms with van der Waals surface area (Å²) in [4.78, 5) is 0.0771. The van der Waals surface area contributed by atoms with Crippen LogP contribution in [0.4, 0.5) is 0 Å². The van der Waals surface area contributed by atoms with Crippen molar-refractivity contribution in [2.75, 3.05) is 0 Å². The predicted molar refractivity (Wildman–Crippen MR) is 503 cm³/mol. The molecule has 0 aliphatic heterocycles. The van der Waals surface area contributed by atoms with Gasteiger partial charge in [-0.3, -0.25) is 0 Å². The van der Waals surface area contributed by atoms with Gasteiger partial charge in [0.15, 0.2) is 0 Å². The van der Waals surface area contributed by atoms with Crippen LogP contribution >= 0.6 is 0 Å². The zero-order valence-electron chi connectivity index (χ0n) is 79.7. The number of unbranched alkanes of at least 4 members (excludes halogenated alkanes) is 54. The quantitative estimate of drug-likeness (QED) is 0.0226. The molecule has 0 heterocycles. The van der Waals surface area contributed by atoms with Crippen molar-refractivity contribution in [2.45, 2.75) is 525 Å². The van der Waals surface area contributed by atoms with Crippen LogP contribution in [0.3, 0.4) is 0 Å². The summed E-state index contributed by atoms with van der Waals surface area (Å²) in [6.45, 7) is 20.2. The van der Waals surface area contributed by atoms with Gasteiger partial charge in [0.05, 0.1) is 14.7 Å². The molecule has 123 heavy (non-hydrogen) atoms. The molecule has 0 aromatic heterocycles. The average molecular weight is 1870 g/mol. The molecule has 0 saturated carbocycles. The Morgan fingerprint density at radius 2 is 0.447 bits per heavy atom. The van der Waals surface area contributed by atoms with Crippen molar-refractivity contribution >= 4 is 40.5 Å². The maximum absolute atomic E-state index is 13.7. The topological polar surface area (TPSA) is 264 Å². The third-order valence-corrected chi connectivity index (χ3v) is 29.5. The number of hydrogen-bond donors (Lipinski definition) is 0. The Labute approximate surface area is 779 Å². The summed E-state index contributed by atoms with van der Waals surface area (Å²) in [5.41, 5.74) is 5.46. The first-order chi connectivity index (χ1) is 58.7. The van der Waals surface area contributed by atoms with E-state index in [-0.39, 0.29) is 47.4 Å². The van der Waals surface area contributed by atoms with Crippen LogP contribution in [-0.2, 0) is 129 Å².